The average molecular weight is 216 g/mol. The predicted octanol–water partition coefficient (Wildman–Crippen LogP) is 0.341. The molecule has 0 radical (unpaired) electrons. The number of carboxylic acids is 1. The number of hydrogen-bond donors (Lipinski definition) is 3. The first-order valence-corrected chi connectivity index (χ1v) is 5.22. The van der Waals surface area contributed by atoms with E-state index in [2.05, 4.69) is 5.32 Å². The van der Waals surface area contributed by atoms with Crippen molar-refractivity contribution in [1.29, 1.82) is 0 Å². The summed E-state index contributed by atoms with van der Waals surface area (Å²) in [6.07, 6.45) is 1.60. The van der Waals surface area contributed by atoms with Gasteiger partial charge < -0.3 is 16.2 Å². The van der Waals surface area contributed by atoms with E-state index in [1.165, 1.54) is 0 Å². The summed E-state index contributed by atoms with van der Waals surface area (Å²) in [6.45, 7) is 3.84. The minimum Gasteiger partial charge on any atom is -0.481 e. The number of nitrogens with two attached hydrogens (primary N) is 1. The molecule has 1 amide bonds. The number of amides is 1. The molecule has 5 heteroatoms. The first-order chi connectivity index (χ1) is 6.97. The molecule has 0 spiro atoms. The maximum atomic E-state index is 11.2. The van der Waals surface area contributed by atoms with Crippen molar-refractivity contribution in [3.63, 3.8) is 0 Å². The molecule has 88 valence electrons. The van der Waals surface area contributed by atoms with Crippen molar-refractivity contribution < 1.29 is 14.7 Å². The van der Waals surface area contributed by atoms with Gasteiger partial charge >= 0.3 is 5.97 Å². The SMILES string of the molecule is CCCC(CNC(=O)CC(C)N)C(=O)O. The molecule has 0 aliphatic carbocycles. The molecule has 0 aromatic carbocycles. The number of carboxylic acid groups (broad SMARTS) is 1. The highest BCUT2D eigenvalue weighted by Crippen LogP contribution is 2.05. The van der Waals surface area contributed by atoms with Crippen LogP contribution in [-0.4, -0.2) is 29.6 Å². The predicted molar refractivity (Wildman–Crippen MR) is 57.3 cm³/mol. The molecule has 4 N–H and O–H groups in total. The van der Waals surface area contributed by atoms with Crippen LogP contribution >= 0.6 is 0 Å². The van der Waals surface area contributed by atoms with Crippen LogP contribution in [0.3, 0.4) is 0 Å². The van der Waals surface area contributed by atoms with Crippen LogP contribution in [0, 0.1) is 5.92 Å². The summed E-state index contributed by atoms with van der Waals surface area (Å²) < 4.78 is 0. The van der Waals surface area contributed by atoms with Gasteiger partial charge in [-0.15, -0.1) is 0 Å². The average Bonchev–Trinajstić information content (AvgIpc) is 2.10. The Labute approximate surface area is 90.0 Å². The Morgan fingerprint density at radius 2 is 2.07 bits per heavy atom. The van der Waals surface area contributed by atoms with Crippen LogP contribution < -0.4 is 11.1 Å². The van der Waals surface area contributed by atoms with Gasteiger partial charge in [0.05, 0.1) is 5.92 Å². The zero-order valence-electron chi connectivity index (χ0n) is 9.32. The number of carbonyl (C=O) groups excluding carboxylic acids is 1. The first kappa shape index (κ1) is 13.9. The highest BCUT2D eigenvalue weighted by molar-refractivity contribution is 5.77. The van der Waals surface area contributed by atoms with E-state index >= 15 is 0 Å². The van der Waals surface area contributed by atoms with Gasteiger partial charge in [-0.3, -0.25) is 9.59 Å². The Morgan fingerprint density at radius 1 is 1.47 bits per heavy atom. The molecular formula is C10H20N2O3. The number of hydrogen-bond acceptors (Lipinski definition) is 3. The van der Waals surface area contributed by atoms with Crippen LogP contribution in [0.1, 0.15) is 33.1 Å². The number of nitrogens with one attached hydrogen (secondary N) is 1. The Hall–Kier alpha value is -1.10. The maximum absolute atomic E-state index is 11.2. The molecule has 0 fully saturated rings. The molecule has 0 saturated heterocycles. The highest BCUT2D eigenvalue weighted by Gasteiger charge is 2.17. The lowest BCUT2D eigenvalue weighted by atomic mass is 10.0. The van der Waals surface area contributed by atoms with Crippen molar-refractivity contribution >= 4 is 11.9 Å². The molecular weight excluding hydrogens is 196 g/mol. The minimum atomic E-state index is -0.863. The Bertz CT molecular complexity index is 217. The Morgan fingerprint density at radius 3 is 2.47 bits per heavy atom. The van der Waals surface area contributed by atoms with Crippen molar-refractivity contribution in [3.8, 4) is 0 Å². The van der Waals surface area contributed by atoms with E-state index < -0.39 is 11.9 Å². The van der Waals surface area contributed by atoms with Gasteiger partial charge in [-0.05, 0) is 13.3 Å². The Balaban J connectivity index is 3.88. The second-order valence-electron chi connectivity index (χ2n) is 3.81. The van der Waals surface area contributed by atoms with E-state index in [0.717, 1.165) is 6.42 Å². The van der Waals surface area contributed by atoms with Crippen LogP contribution in [0.15, 0.2) is 0 Å². The molecule has 15 heavy (non-hydrogen) atoms. The fraction of sp³-hybridized carbons (Fsp3) is 0.800. The molecule has 0 saturated carbocycles. The van der Waals surface area contributed by atoms with E-state index in [-0.39, 0.29) is 24.9 Å². The summed E-state index contributed by atoms with van der Waals surface area (Å²) in [5, 5.41) is 11.4. The molecule has 2 unspecified atom stereocenters. The van der Waals surface area contributed by atoms with Gasteiger partial charge in [-0.1, -0.05) is 13.3 Å². The smallest absolute Gasteiger partial charge is 0.308 e. The fourth-order valence-corrected chi connectivity index (χ4v) is 1.26. The second-order valence-corrected chi connectivity index (χ2v) is 3.81. The normalized spacial score (nSPS) is 14.3. The largest absolute Gasteiger partial charge is 0.481 e. The van der Waals surface area contributed by atoms with Gasteiger partial charge in [0, 0.05) is 19.0 Å². The van der Waals surface area contributed by atoms with Gasteiger partial charge in [-0.25, -0.2) is 0 Å². The van der Waals surface area contributed by atoms with Gasteiger partial charge in [-0.2, -0.15) is 0 Å². The zero-order chi connectivity index (χ0) is 11.8. The standard InChI is InChI=1S/C10H20N2O3/c1-3-4-8(10(14)15)6-12-9(13)5-7(2)11/h7-8H,3-6,11H2,1-2H3,(H,12,13)(H,14,15). The first-order valence-electron chi connectivity index (χ1n) is 5.22. The third-order valence-electron chi connectivity index (χ3n) is 2.04. The molecule has 5 nitrogen and oxygen atoms in total. The topological polar surface area (TPSA) is 92.4 Å². The fourth-order valence-electron chi connectivity index (χ4n) is 1.26. The van der Waals surface area contributed by atoms with Gasteiger partial charge in [0.1, 0.15) is 0 Å². The van der Waals surface area contributed by atoms with Gasteiger partial charge in [0.2, 0.25) is 5.91 Å². The van der Waals surface area contributed by atoms with Crippen molar-refractivity contribution in [2.24, 2.45) is 11.7 Å². The van der Waals surface area contributed by atoms with E-state index in [1.807, 2.05) is 6.92 Å². The molecule has 0 aliphatic rings. The summed E-state index contributed by atoms with van der Waals surface area (Å²) in [4.78, 5) is 21.9. The van der Waals surface area contributed by atoms with Crippen LogP contribution in [0.25, 0.3) is 0 Å². The van der Waals surface area contributed by atoms with Gasteiger partial charge in [0.25, 0.3) is 0 Å². The minimum absolute atomic E-state index is 0.188. The summed E-state index contributed by atoms with van der Waals surface area (Å²) >= 11 is 0. The van der Waals surface area contributed by atoms with Crippen LogP contribution in [0.2, 0.25) is 0 Å². The quantitative estimate of drug-likeness (QED) is 0.572. The lowest BCUT2D eigenvalue weighted by molar-refractivity contribution is -0.141. The summed E-state index contributed by atoms with van der Waals surface area (Å²) in [6, 6.07) is -0.195. The molecule has 0 aromatic heterocycles. The summed E-state index contributed by atoms with van der Waals surface area (Å²) in [7, 11) is 0. The molecule has 0 rings (SSSR count). The maximum Gasteiger partial charge on any atom is 0.308 e. The third kappa shape index (κ3) is 6.90. The lowest BCUT2D eigenvalue weighted by Gasteiger charge is -2.12. The van der Waals surface area contributed by atoms with E-state index in [4.69, 9.17) is 10.8 Å². The molecule has 0 aromatic rings. The molecule has 0 bridgehead atoms. The van der Waals surface area contributed by atoms with Crippen LogP contribution in [0.4, 0.5) is 0 Å². The zero-order valence-corrected chi connectivity index (χ0v) is 9.32. The molecule has 0 heterocycles. The van der Waals surface area contributed by atoms with Crippen LogP contribution in [0.5, 0.6) is 0 Å². The van der Waals surface area contributed by atoms with E-state index in [1.54, 1.807) is 6.92 Å². The van der Waals surface area contributed by atoms with E-state index in [0.29, 0.717) is 6.42 Å². The summed E-state index contributed by atoms with van der Waals surface area (Å²) in [5.41, 5.74) is 5.44. The second kappa shape index (κ2) is 7.23. The number of rotatable bonds is 7. The van der Waals surface area contributed by atoms with Crippen molar-refractivity contribution in [2.45, 2.75) is 39.2 Å². The third-order valence-corrected chi connectivity index (χ3v) is 2.04. The monoisotopic (exact) mass is 216 g/mol. The highest BCUT2D eigenvalue weighted by atomic mass is 16.4. The van der Waals surface area contributed by atoms with Crippen molar-refractivity contribution in [3.05, 3.63) is 0 Å². The van der Waals surface area contributed by atoms with E-state index in [9.17, 15) is 9.59 Å². The van der Waals surface area contributed by atoms with Gasteiger partial charge in [0.15, 0.2) is 0 Å². The number of aliphatic carboxylic acids is 1. The Kier molecular flexibility index (Phi) is 6.70. The molecule has 0 aliphatic heterocycles. The van der Waals surface area contributed by atoms with Crippen LogP contribution in [-0.2, 0) is 9.59 Å². The van der Waals surface area contributed by atoms with Crippen molar-refractivity contribution in [2.75, 3.05) is 6.54 Å². The lowest BCUT2D eigenvalue weighted by Crippen LogP contribution is -2.35. The summed E-state index contributed by atoms with van der Waals surface area (Å²) in [5.74, 6) is -1.54. The number of carbonyl (C=O) groups is 2. The van der Waals surface area contributed by atoms with Crippen molar-refractivity contribution in [1.82, 2.24) is 5.32 Å². The molecule has 2 atom stereocenters.